The highest BCUT2D eigenvalue weighted by atomic mass is 19.1. The first-order valence-corrected chi connectivity index (χ1v) is 14.5. The van der Waals surface area contributed by atoms with Crippen molar-refractivity contribution in [1.82, 2.24) is 10.3 Å². The number of anilines is 1. The zero-order valence-corrected chi connectivity index (χ0v) is 24.4. The second-order valence-corrected chi connectivity index (χ2v) is 10.6. The van der Waals surface area contributed by atoms with Crippen molar-refractivity contribution in [3.63, 3.8) is 0 Å². The standard InChI is InChI=1S/C36H28FN3O6/c37-26-2-1-3-29(21-26)46-33(36(43)44)18-22-4-11-28(12-5-22)45-17-16-39-34(41)23-6-9-27(10-7-23)40-35(42)30-13-8-24-19-31(30)32-20-25(24)14-15-38-32/h1-15,19-21,33H,16-18H2,(H,39,41)(H,40,42)(H,43,44). The van der Waals surface area contributed by atoms with Crippen molar-refractivity contribution in [3.05, 3.63) is 132 Å². The maximum Gasteiger partial charge on any atom is 0.345 e. The number of pyridine rings is 1. The van der Waals surface area contributed by atoms with Crippen molar-refractivity contribution in [2.24, 2.45) is 0 Å². The quantitative estimate of drug-likeness (QED) is 0.142. The second kappa shape index (κ2) is 13.3. The molecule has 1 unspecified atom stereocenters. The number of halogens is 1. The van der Waals surface area contributed by atoms with Crippen molar-refractivity contribution in [1.29, 1.82) is 0 Å². The highest BCUT2D eigenvalue weighted by molar-refractivity contribution is 6.15. The summed E-state index contributed by atoms with van der Waals surface area (Å²) in [5.74, 6) is -1.55. The van der Waals surface area contributed by atoms with Crippen molar-refractivity contribution in [2.75, 3.05) is 18.5 Å². The third kappa shape index (κ3) is 7.02. The minimum absolute atomic E-state index is 0.0741. The second-order valence-electron chi connectivity index (χ2n) is 10.6. The number of nitrogens with one attached hydrogen (secondary N) is 2. The SMILES string of the molecule is O=C(NCCOc1ccc(CC(Oc2cccc(F)c2)C(=O)O)cc1)c1ccc(NC(=O)c2ccc3cc2c2cc3ccn2)cc1. The van der Waals surface area contributed by atoms with E-state index >= 15 is 0 Å². The van der Waals surface area contributed by atoms with E-state index in [0.29, 0.717) is 28.1 Å². The van der Waals surface area contributed by atoms with Gasteiger partial charge >= 0.3 is 5.97 Å². The first-order chi connectivity index (χ1) is 22.3. The van der Waals surface area contributed by atoms with E-state index in [0.717, 1.165) is 27.7 Å². The van der Waals surface area contributed by atoms with Crippen LogP contribution in [0.4, 0.5) is 10.1 Å². The number of nitrogens with zero attached hydrogens (tertiary/aromatic N) is 1. The lowest BCUT2D eigenvalue weighted by Gasteiger charge is -2.15. The van der Waals surface area contributed by atoms with Crippen molar-refractivity contribution in [3.8, 4) is 11.5 Å². The Balaban J connectivity index is 0.960. The summed E-state index contributed by atoms with van der Waals surface area (Å²) in [7, 11) is 0. The molecular weight excluding hydrogens is 589 g/mol. The van der Waals surface area contributed by atoms with Gasteiger partial charge in [-0.25, -0.2) is 9.18 Å². The van der Waals surface area contributed by atoms with E-state index in [1.807, 2.05) is 24.3 Å². The zero-order chi connectivity index (χ0) is 32.0. The minimum Gasteiger partial charge on any atom is -0.492 e. The number of carbonyl (C=O) groups is 3. The van der Waals surface area contributed by atoms with Crippen LogP contribution in [-0.2, 0) is 11.2 Å². The number of aromatic nitrogens is 1. The molecule has 5 aromatic carbocycles. The number of rotatable bonds is 12. The molecule has 1 aromatic heterocycles. The Bertz CT molecular complexity index is 2010. The molecule has 0 aliphatic carbocycles. The van der Waals surface area contributed by atoms with Gasteiger partial charge in [0.2, 0.25) is 0 Å². The molecule has 0 radical (unpaired) electrons. The Labute approximate surface area is 262 Å². The maximum atomic E-state index is 13.4. The van der Waals surface area contributed by atoms with E-state index in [1.165, 1.54) is 18.2 Å². The summed E-state index contributed by atoms with van der Waals surface area (Å²) in [6, 6.07) is 28.3. The summed E-state index contributed by atoms with van der Waals surface area (Å²) in [5.41, 5.74) is 2.95. The van der Waals surface area contributed by atoms with Crippen LogP contribution in [0.1, 0.15) is 26.3 Å². The van der Waals surface area contributed by atoms with Gasteiger partial charge in [-0.1, -0.05) is 24.3 Å². The molecule has 2 amide bonds. The molecule has 0 spiro atoms. The Morgan fingerprint density at radius 3 is 2.37 bits per heavy atom. The number of aliphatic carboxylic acids is 1. The third-order valence-corrected chi connectivity index (χ3v) is 7.39. The Hall–Kier alpha value is -6.03. The van der Waals surface area contributed by atoms with Gasteiger partial charge in [0.25, 0.3) is 11.8 Å². The third-order valence-electron chi connectivity index (χ3n) is 7.39. The van der Waals surface area contributed by atoms with Gasteiger partial charge in [-0.2, -0.15) is 0 Å². The number of hydrogen-bond acceptors (Lipinski definition) is 6. The highest BCUT2D eigenvalue weighted by Gasteiger charge is 2.20. The number of carbonyl (C=O) groups excluding carboxylic acids is 2. The monoisotopic (exact) mass is 617 g/mol. The Morgan fingerprint density at radius 2 is 1.61 bits per heavy atom. The molecule has 1 atom stereocenters. The maximum absolute atomic E-state index is 13.4. The minimum atomic E-state index is -1.19. The molecule has 6 aromatic rings. The predicted octanol–water partition coefficient (Wildman–Crippen LogP) is 6.10. The van der Waals surface area contributed by atoms with E-state index in [9.17, 15) is 23.9 Å². The summed E-state index contributed by atoms with van der Waals surface area (Å²) >= 11 is 0. The number of amides is 2. The summed E-state index contributed by atoms with van der Waals surface area (Å²) in [5, 5.41) is 18.1. The van der Waals surface area contributed by atoms with Crippen LogP contribution in [0, 0.1) is 5.82 Å². The summed E-state index contributed by atoms with van der Waals surface area (Å²) in [6.45, 7) is 0.453. The molecule has 0 aliphatic heterocycles. The molecule has 9 nitrogen and oxygen atoms in total. The molecule has 0 saturated carbocycles. The van der Waals surface area contributed by atoms with E-state index in [1.54, 1.807) is 60.8 Å². The molecule has 0 saturated heterocycles. The van der Waals surface area contributed by atoms with Crippen LogP contribution in [0.15, 0.2) is 109 Å². The average Bonchev–Trinajstić information content (AvgIpc) is 3.06. The highest BCUT2D eigenvalue weighted by Crippen LogP contribution is 2.27. The Kier molecular flexibility index (Phi) is 8.69. The number of ether oxygens (including phenoxy) is 2. The number of fused-ring (bicyclic) bond motifs is 6. The first kappa shape index (κ1) is 30.0. The fourth-order valence-corrected chi connectivity index (χ4v) is 5.05. The van der Waals surface area contributed by atoms with Gasteiger partial charge < -0.3 is 25.2 Å². The molecule has 4 bridgehead atoms. The molecule has 1 heterocycles. The molecule has 10 heteroatoms. The molecule has 3 N–H and O–H groups in total. The van der Waals surface area contributed by atoms with Crippen LogP contribution < -0.4 is 20.1 Å². The van der Waals surface area contributed by atoms with Gasteiger partial charge in [-0.3, -0.25) is 14.6 Å². The lowest BCUT2D eigenvalue weighted by Crippen LogP contribution is -2.29. The average molecular weight is 618 g/mol. The zero-order valence-electron chi connectivity index (χ0n) is 24.4. The van der Waals surface area contributed by atoms with Gasteiger partial charge in [-0.15, -0.1) is 0 Å². The molecule has 46 heavy (non-hydrogen) atoms. The molecule has 0 aliphatic rings. The van der Waals surface area contributed by atoms with Crippen molar-refractivity contribution in [2.45, 2.75) is 12.5 Å². The number of carboxylic acids is 1. The van der Waals surface area contributed by atoms with Gasteiger partial charge in [-0.05, 0) is 89.1 Å². The summed E-state index contributed by atoms with van der Waals surface area (Å²) < 4.78 is 24.6. The van der Waals surface area contributed by atoms with E-state index in [2.05, 4.69) is 15.6 Å². The Morgan fingerprint density at radius 1 is 0.826 bits per heavy atom. The van der Waals surface area contributed by atoms with Crippen LogP contribution in [0.3, 0.4) is 0 Å². The molecular formula is C36H28FN3O6. The van der Waals surface area contributed by atoms with Gasteiger partial charge in [0.15, 0.2) is 6.10 Å². The van der Waals surface area contributed by atoms with Gasteiger partial charge in [0, 0.05) is 40.9 Å². The smallest absolute Gasteiger partial charge is 0.345 e. The topological polar surface area (TPSA) is 127 Å². The summed E-state index contributed by atoms with van der Waals surface area (Å²) in [4.78, 5) is 41.7. The van der Waals surface area contributed by atoms with Crippen molar-refractivity contribution >= 4 is 45.1 Å². The predicted molar refractivity (Wildman–Crippen MR) is 171 cm³/mol. The largest absolute Gasteiger partial charge is 0.492 e. The normalized spacial score (nSPS) is 11.7. The lowest BCUT2D eigenvalue weighted by molar-refractivity contribution is -0.145. The fourth-order valence-electron chi connectivity index (χ4n) is 5.05. The van der Waals surface area contributed by atoms with Crippen LogP contribution in [-0.4, -0.2) is 47.1 Å². The van der Waals surface area contributed by atoms with E-state index in [4.69, 9.17) is 9.47 Å². The summed E-state index contributed by atoms with van der Waals surface area (Å²) in [6.07, 6.45) is 0.616. The van der Waals surface area contributed by atoms with Gasteiger partial charge in [0.1, 0.15) is 23.9 Å². The molecule has 0 fully saturated rings. The van der Waals surface area contributed by atoms with E-state index < -0.39 is 17.9 Å². The van der Waals surface area contributed by atoms with Gasteiger partial charge in [0.05, 0.1) is 12.1 Å². The van der Waals surface area contributed by atoms with Crippen LogP contribution >= 0.6 is 0 Å². The van der Waals surface area contributed by atoms with E-state index in [-0.39, 0.29) is 37.1 Å². The number of carboxylic acid groups (broad SMARTS) is 1. The number of benzene rings is 5. The van der Waals surface area contributed by atoms with Crippen LogP contribution in [0.25, 0.3) is 21.7 Å². The van der Waals surface area contributed by atoms with Crippen LogP contribution in [0.2, 0.25) is 0 Å². The molecule has 230 valence electrons. The first-order valence-electron chi connectivity index (χ1n) is 14.5. The van der Waals surface area contributed by atoms with Crippen molar-refractivity contribution < 1.29 is 33.4 Å². The number of hydrogen-bond donors (Lipinski definition) is 3. The molecule has 6 rings (SSSR count). The lowest BCUT2D eigenvalue weighted by atomic mass is 10.0. The fraction of sp³-hybridized carbons (Fsp3) is 0.111. The van der Waals surface area contributed by atoms with Crippen LogP contribution in [0.5, 0.6) is 11.5 Å².